The second-order valence-electron chi connectivity index (χ2n) is 5.49. The first-order valence-electron chi connectivity index (χ1n) is 6.74. The molecule has 3 rings (SSSR count). The fourth-order valence-electron chi connectivity index (χ4n) is 2.78. The molecule has 1 spiro atoms. The molecule has 21 heavy (non-hydrogen) atoms. The average molecular weight is 335 g/mol. The first kappa shape index (κ1) is 15.0. The number of amidine groups is 1. The number of anilines is 1. The lowest BCUT2D eigenvalue weighted by Gasteiger charge is -2.16. The molecular formula is C14H14ClF3N2S. The topological polar surface area (TPSA) is 24.4 Å². The van der Waals surface area contributed by atoms with Gasteiger partial charge in [-0.15, -0.1) is 0 Å². The molecule has 1 aromatic carbocycles. The number of aliphatic imine (C=N–C) groups is 1. The van der Waals surface area contributed by atoms with Crippen LogP contribution >= 0.6 is 23.4 Å². The summed E-state index contributed by atoms with van der Waals surface area (Å²) in [7, 11) is 0. The van der Waals surface area contributed by atoms with Crippen molar-refractivity contribution in [2.45, 2.75) is 37.4 Å². The van der Waals surface area contributed by atoms with Crippen LogP contribution in [-0.2, 0) is 6.18 Å². The third kappa shape index (κ3) is 3.31. The third-order valence-electron chi connectivity index (χ3n) is 3.83. The third-order valence-corrected chi connectivity index (χ3v) is 5.19. The van der Waals surface area contributed by atoms with Gasteiger partial charge in [-0.1, -0.05) is 36.2 Å². The van der Waals surface area contributed by atoms with Gasteiger partial charge in [-0.25, -0.2) is 0 Å². The molecule has 0 saturated heterocycles. The van der Waals surface area contributed by atoms with Crippen molar-refractivity contribution < 1.29 is 13.2 Å². The Morgan fingerprint density at radius 1 is 1.19 bits per heavy atom. The van der Waals surface area contributed by atoms with E-state index < -0.39 is 11.7 Å². The minimum Gasteiger partial charge on any atom is -0.335 e. The quantitative estimate of drug-likeness (QED) is 0.764. The van der Waals surface area contributed by atoms with E-state index in [0.717, 1.165) is 30.7 Å². The maximum Gasteiger partial charge on any atom is 0.416 e. The van der Waals surface area contributed by atoms with E-state index in [2.05, 4.69) is 10.3 Å². The molecule has 1 saturated carbocycles. The molecule has 0 amide bonds. The summed E-state index contributed by atoms with van der Waals surface area (Å²) in [5.74, 6) is 0.905. The zero-order valence-corrected chi connectivity index (χ0v) is 12.7. The number of nitrogens with zero attached hydrogens (tertiary/aromatic N) is 1. The zero-order valence-electron chi connectivity index (χ0n) is 11.1. The zero-order chi connectivity index (χ0) is 15.1. The molecule has 1 heterocycles. The van der Waals surface area contributed by atoms with Gasteiger partial charge in [0.05, 0.1) is 11.1 Å². The van der Waals surface area contributed by atoms with Gasteiger partial charge >= 0.3 is 6.18 Å². The van der Waals surface area contributed by atoms with Crippen LogP contribution in [0.25, 0.3) is 0 Å². The summed E-state index contributed by atoms with van der Waals surface area (Å²) >= 11 is 7.34. The highest BCUT2D eigenvalue weighted by atomic mass is 35.5. The first-order valence-corrected chi connectivity index (χ1v) is 8.10. The molecule has 1 N–H and O–H groups in total. The summed E-state index contributed by atoms with van der Waals surface area (Å²) in [6.07, 6.45) is 0.0706. The predicted octanol–water partition coefficient (Wildman–Crippen LogP) is 5.19. The van der Waals surface area contributed by atoms with Gasteiger partial charge in [-0.3, -0.25) is 4.99 Å². The van der Waals surface area contributed by atoms with Crippen molar-refractivity contribution in [3.05, 3.63) is 28.8 Å². The highest BCUT2D eigenvalue weighted by Gasteiger charge is 2.38. The number of rotatable bonds is 1. The predicted molar refractivity (Wildman–Crippen MR) is 81.2 cm³/mol. The Labute approximate surface area is 130 Å². The van der Waals surface area contributed by atoms with Crippen LogP contribution in [-0.4, -0.2) is 16.5 Å². The molecule has 0 bridgehead atoms. The van der Waals surface area contributed by atoms with Crippen LogP contribution in [0.15, 0.2) is 23.2 Å². The molecule has 1 fully saturated rings. The lowest BCUT2D eigenvalue weighted by Crippen LogP contribution is -2.21. The highest BCUT2D eigenvalue weighted by Crippen LogP contribution is 2.41. The molecule has 0 aromatic heterocycles. The number of alkyl halides is 3. The van der Waals surface area contributed by atoms with E-state index in [1.54, 1.807) is 11.8 Å². The van der Waals surface area contributed by atoms with Gasteiger partial charge in [-0.2, -0.15) is 13.2 Å². The van der Waals surface area contributed by atoms with E-state index in [0.29, 0.717) is 10.9 Å². The van der Waals surface area contributed by atoms with E-state index >= 15 is 0 Å². The number of hydrogen-bond donors (Lipinski definition) is 1. The van der Waals surface area contributed by atoms with Crippen LogP contribution in [0.2, 0.25) is 5.02 Å². The molecule has 1 aliphatic carbocycles. The summed E-state index contributed by atoms with van der Waals surface area (Å²) in [4.78, 5) is 4.68. The van der Waals surface area contributed by atoms with E-state index in [4.69, 9.17) is 11.6 Å². The number of thioether (sulfide) groups is 1. The van der Waals surface area contributed by atoms with Crippen molar-refractivity contribution in [1.82, 2.24) is 0 Å². The molecule has 0 unspecified atom stereocenters. The number of benzene rings is 1. The van der Waals surface area contributed by atoms with E-state index in [9.17, 15) is 13.2 Å². The second-order valence-corrected chi connectivity index (χ2v) is 6.89. The SMILES string of the molecule is FC(F)(F)c1cc(Cl)cc(NC2=NC3(CCCC3)CS2)c1. The van der Waals surface area contributed by atoms with Crippen LogP contribution < -0.4 is 5.32 Å². The van der Waals surface area contributed by atoms with E-state index in [-0.39, 0.29) is 10.6 Å². The summed E-state index contributed by atoms with van der Waals surface area (Å²) in [5, 5.41) is 3.72. The Kier molecular flexibility index (Phi) is 3.86. The van der Waals surface area contributed by atoms with Crippen molar-refractivity contribution in [2.75, 3.05) is 11.1 Å². The minimum atomic E-state index is -4.40. The van der Waals surface area contributed by atoms with Gasteiger partial charge in [-0.05, 0) is 31.0 Å². The maximum atomic E-state index is 12.8. The van der Waals surface area contributed by atoms with Crippen LogP contribution in [0.3, 0.4) is 0 Å². The van der Waals surface area contributed by atoms with Gasteiger partial charge in [0.2, 0.25) is 0 Å². The van der Waals surface area contributed by atoms with Crippen molar-refractivity contribution in [1.29, 1.82) is 0 Å². The van der Waals surface area contributed by atoms with Crippen LogP contribution in [0.1, 0.15) is 31.2 Å². The normalized spacial score (nSPS) is 20.9. The highest BCUT2D eigenvalue weighted by molar-refractivity contribution is 8.14. The second kappa shape index (κ2) is 5.39. The molecule has 1 aromatic rings. The largest absolute Gasteiger partial charge is 0.416 e. The smallest absolute Gasteiger partial charge is 0.335 e. The molecule has 0 radical (unpaired) electrons. The van der Waals surface area contributed by atoms with Crippen molar-refractivity contribution in [3.63, 3.8) is 0 Å². The lowest BCUT2D eigenvalue weighted by molar-refractivity contribution is -0.137. The lowest BCUT2D eigenvalue weighted by atomic mass is 10.0. The van der Waals surface area contributed by atoms with Gasteiger partial charge in [0.1, 0.15) is 0 Å². The van der Waals surface area contributed by atoms with E-state index in [1.807, 2.05) is 0 Å². The Hall–Kier alpha value is -0.880. The molecule has 114 valence electrons. The average Bonchev–Trinajstić information content (AvgIpc) is 2.99. The molecule has 2 nitrogen and oxygen atoms in total. The summed E-state index contributed by atoms with van der Waals surface area (Å²) in [6.45, 7) is 0. The molecule has 1 aliphatic heterocycles. The van der Waals surface area contributed by atoms with Crippen LogP contribution in [0.4, 0.5) is 18.9 Å². The number of halogens is 4. The molecule has 7 heteroatoms. The van der Waals surface area contributed by atoms with E-state index in [1.165, 1.54) is 18.9 Å². The number of nitrogens with one attached hydrogen (secondary N) is 1. The van der Waals surface area contributed by atoms with Crippen molar-refractivity contribution >= 4 is 34.2 Å². The Bertz CT molecular complexity index is 580. The summed E-state index contributed by atoms with van der Waals surface area (Å²) < 4.78 is 38.3. The Morgan fingerprint density at radius 2 is 1.90 bits per heavy atom. The number of hydrogen-bond acceptors (Lipinski definition) is 3. The molecular weight excluding hydrogens is 321 g/mol. The Morgan fingerprint density at radius 3 is 2.57 bits per heavy atom. The summed E-state index contributed by atoms with van der Waals surface area (Å²) in [5.41, 5.74) is -0.425. The van der Waals surface area contributed by atoms with Crippen LogP contribution in [0.5, 0.6) is 0 Å². The fourth-order valence-corrected chi connectivity index (χ4v) is 4.23. The van der Waals surface area contributed by atoms with Crippen LogP contribution in [0, 0.1) is 0 Å². The summed E-state index contributed by atoms with van der Waals surface area (Å²) in [6, 6.07) is 3.48. The van der Waals surface area contributed by atoms with Gasteiger partial charge < -0.3 is 5.32 Å². The Balaban J connectivity index is 1.81. The van der Waals surface area contributed by atoms with Gasteiger partial charge in [0.15, 0.2) is 5.17 Å². The van der Waals surface area contributed by atoms with Gasteiger partial charge in [0.25, 0.3) is 0 Å². The maximum absolute atomic E-state index is 12.8. The standard InChI is InChI=1S/C14H14ClF3N2S/c15-10-5-9(14(16,17)18)6-11(7-10)19-12-20-13(8-21-12)3-1-2-4-13/h5-7H,1-4,8H2,(H,19,20). The minimum absolute atomic E-state index is 0.00156. The monoisotopic (exact) mass is 334 g/mol. The molecule has 2 aliphatic rings. The van der Waals surface area contributed by atoms with Crippen molar-refractivity contribution in [2.24, 2.45) is 4.99 Å². The molecule has 0 atom stereocenters. The fraction of sp³-hybridized carbons (Fsp3) is 0.500. The van der Waals surface area contributed by atoms with Crippen molar-refractivity contribution in [3.8, 4) is 0 Å². The van der Waals surface area contributed by atoms with Gasteiger partial charge in [0, 0.05) is 16.5 Å². The first-order chi connectivity index (χ1) is 9.86.